The van der Waals surface area contributed by atoms with Crippen molar-refractivity contribution in [1.29, 1.82) is 5.41 Å². The summed E-state index contributed by atoms with van der Waals surface area (Å²) in [6, 6.07) is 3.87. The van der Waals surface area contributed by atoms with Crippen molar-refractivity contribution in [2.75, 3.05) is 18.0 Å². The van der Waals surface area contributed by atoms with Crippen LogP contribution < -0.4 is 10.6 Å². The van der Waals surface area contributed by atoms with Gasteiger partial charge in [-0.3, -0.25) is 10.4 Å². The van der Waals surface area contributed by atoms with Gasteiger partial charge in [0, 0.05) is 19.3 Å². The van der Waals surface area contributed by atoms with Gasteiger partial charge in [0.2, 0.25) is 0 Å². The summed E-state index contributed by atoms with van der Waals surface area (Å²) in [7, 11) is 0. The molecule has 1 aromatic heterocycles. The predicted octanol–water partition coefficient (Wildman–Crippen LogP) is 2.24. The minimum absolute atomic E-state index is 0.0307. The lowest BCUT2D eigenvalue weighted by Gasteiger charge is -2.27. The van der Waals surface area contributed by atoms with E-state index in [9.17, 15) is 0 Å². The van der Waals surface area contributed by atoms with Crippen molar-refractivity contribution >= 4 is 11.5 Å². The smallest absolute Gasteiger partial charge is 0.143 e. The first-order chi connectivity index (χ1) is 8.10. The first kappa shape index (κ1) is 13.5. The highest BCUT2D eigenvalue weighted by atomic mass is 15.1. The molecule has 1 atom stereocenters. The fraction of sp³-hybridized carbons (Fsp3) is 0.538. The molecule has 1 heterocycles. The topological polar surface area (TPSA) is 66.0 Å². The molecule has 0 saturated carbocycles. The van der Waals surface area contributed by atoms with Crippen molar-refractivity contribution in [3.63, 3.8) is 0 Å². The lowest BCUT2D eigenvalue weighted by molar-refractivity contribution is 0.547. The molecule has 0 aromatic carbocycles. The third-order valence-electron chi connectivity index (χ3n) is 2.99. The minimum Gasteiger partial charge on any atom is -0.382 e. The summed E-state index contributed by atoms with van der Waals surface area (Å²) in [6.45, 7) is 8.40. The van der Waals surface area contributed by atoms with Crippen LogP contribution in [0.3, 0.4) is 0 Å². The molecule has 4 heteroatoms. The average Bonchev–Trinajstić information content (AvgIpc) is 2.35. The van der Waals surface area contributed by atoms with Crippen molar-refractivity contribution < 1.29 is 0 Å². The molecular formula is C13H22N4. The molecule has 3 N–H and O–H groups in total. The molecule has 0 aliphatic rings. The summed E-state index contributed by atoms with van der Waals surface area (Å²) >= 11 is 0. The van der Waals surface area contributed by atoms with Gasteiger partial charge in [-0.2, -0.15) is 0 Å². The molecule has 0 bridgehead atoms. The van der Waals surface area contributed by atoms with E-state index in [1.807, 2.05) is 12.1 Å². The standard InChI is InChI=1S/C13H22N4/c1-4-10(3)9-17(5-2)11-7-6-8-16-12(11)13(14)15/h6-8,10H,4-5,9H2,1-3H3,(H3,14,15). The van der Waals surface area contributed by atoms with Gasteiger partial charge in [-0.15, -0.1) is 0 Å². The van der Waals surface area contributed by atoms with Crippen molar-refractivity contribution in [3.05, 3.63) is 24.0 Å². The van der Waals surface area contributed by atoms with Gasteiger partial charge in [0.15, 0.2) is 0 Å². The molecule has 0 fully saturated rings. The number of nitrogens with zero attached hydrogens (tertiary/aromatic N) is 2. The van der Waals surface area contributed by atoms with Gasteiger partial charge in [-0.05, 0) is 25.0 Å². The molecule has 1 aromatic rings. The van der Waals surface area contributed by atoms with E-state index in [2.05, 4.69) is 30.7 Å². The number of pyridine rings is 1. The third-order valence-corrected chi connectivity index (χ3v) is 2.99. The second-order valence-electron chi connectivity index (χ2n) is 4.34. The summed E-state index contributed by atoms with van der Waals surface area (Å²) in [5.41, 5.74) is 7.11. The molecular weight excluding hydrogens is 212 g/mol. The third kappa shape index (κ3) is 3.44. The highest BCUT2D eigenvalue weighted by Gasteiger charge is 2.14. The molecule has 4 nitrogen and oxygen atoms in total. The van der Waals surface area contributed by atoms with Crippen LogP contribution in [0.1, 0.15) is 32.9 Å². The molecule has 0 aliphatic heterocycles. The summed E-state index contributed by atoms with van der Waals surface area (Å²) in [5, 5.41) is 7.56. The summed E-state index contributed by atoms with van der Waals surface area (Å²) in [4.78, 5) is 6.42. The van der Waals surface area contributed by atoms with Crippen molar-refractivity contribution in [2.45, 2.75) is 27.2 Å². The van der Waals surface area contributed by atoms with E-state index in [1.54, 1.807) is 6.20 Å². The zero-order valence-corrected chi connectivity index (χ0v) is 10.9. The normalized spacial score (nSPS) is 12.2. The maximum atomic E-state index is 7.56. The Morgan fingerprint density at radius 1 is 1.53 bits per heavy atom. The van der Waals surface area contributed by atoms with Gasteiger partial charge in [-0.1, -0.05) is 20.3 Å². The van der Waals surface area contributed by atoms with Gasteiger partial charge in [0.05, 0.1) is 5.69 Å². The highest BCUT2D eigenvalue weighted by Crippen LogP contribution is 2.19. The molecule has 1 unspecified atom stereocenters. The van der Waals surface area contributed by atoms with Crippen LogP contribution in [0.4, 0.5) is 5.69 Å². The molecule has 0 saturated heterocycles. The first-order valence-corrected chi connectivity index (χ1v) is 6.14. The second kappa shape index (κ2) is 6.23. The zero-order valence-electron chi connectivity index (χ0n) is 10.9. The van der Waals surface area contributed by atoms with E-state index in [4.69, 9.17) is 11.1 Å². The van der Waals surface area contributed by atoms with Crippen LogP contribution in [0.2, 0.25) is 0 Å². The number of amidine groups is 1. The van der Waals surface area contributed by atoms with Crippen molar-refractivity contribution in [1.82, 2.24) is 4.98 Å². The van der Waals surface area contributed by atoms with Crippen LogP contribution in [-0.4, -0.2) is 23.9 Å². The van der Waals surface area contributed by atoms with Gasteiger partial charge < -0.3 is 10.6 Å². The molecule has 1 rings (SSSR count). The van der Waals surface area contributed by atoms with Gasteiger partial charge in [0.25, 0.3) is 0 Å². The quantitative estimate of drug-likeness (QED) is 0.586. The fourth-order valence-corrected chi connectivity index (χ4v) is 1.76. The number of nitrogen functional groups attached to an aromatic ring is 1. The fourth-order valence-electron chi connectivity index (χ4n) is 1.76. The largest absolute Gasteiger partial charge is 0.382 e. The minimum atomic E-state index is 0.0307. The molecule has 94 valence electrons. The maximum Gasteiger partial charge on any atom is 0.143 e. The summed E-state index contributed by atoms with van der Waals surface area (Å²) < 4.78 is 0. The number of rotatable bonds is 6. The number of anilines is 1. The van der Waals surface area contributed by atoms with E-state index >= 15 is 0 Å². The molecule has 0 radical (unpaired) electrons. The highest BCUT2D eigenvalue weighted by molar-refractivity contribution is 5.98. The van der Waals surface area contributed by atoms with Crippen LogP contribution in [0.15, 0.2) is 18.3 Å². The molecule has 17 heavy (non-hydrogen) atoms. The van der Waals surface area contributed by atoms with E-state index in [0.29, 0.717) is 11.6 Å². The van der Waals surface area contributed by atoms with E-state index in [-0.39, 0.29) is 5.84 Å². The second-order valence-corrected chi connectivity index (χ2v) is 4.34. The first-order valence-electron chi connectivity index (χ1n) is 6.14. The Balaban J connectivity index is 2.99. The van der Waals surface area contributed by atoms with Crippen LogP contribution in [0.25, 0.3) is 0 Å². The summed E-state index contributed by atoms with van der Waals surface area (Å²) in [5.74, 6) is 0.651. The van der Waals surface area contributed by atoms with Gasteiger partial charge in [-0.25, -0.2) is 0 Å². The zero-order chi connectivity index (χ0) is 12.8. The monoisotopic (exact) mass is 234 g/mol. The Labute approximate surface area is 103 Å². The summed E-state index contributed by atoms with van der Waals surface area (Å²) in [6.07, 6.45) is 2.82. The number of hydrogen-bond acceptors (Lipinski definition) is 3. The van der Waals surface area contributed by atoms with Crippen molar-refractivity contribution in [3.8, 4) is 0 Å². The Hall–Kier alpha value is -1.58. The number of hydrogen-bond donors (Lipinski definition) is 2. The van der Waals surface area contributed by atoms with Crippen LogP contribution in [-0.2, 0) is 0 Å². The van der Waals surface area contributed by atoms with Crippen LogP contribution in [0, 0.1) is 11.3 Å². The number of nitrogens with two attached hydrogens (primary N) is 1. The van der Waals surface area contributed by atoms with Crippen LogP contribution in [0.5, 0.6) is 0 Å². The van der Waals surface area contributed by atoms with Gasteiger partial charge in [0.1, 0.15) is 11.5 Å². The Kier molecular flexibility index (Phi) is 4.94. The van der Waals surface area contributed by atoms with E-state index in [1.165, 1.54) is 0 Å². The maximum absolute atomic E-state index is 7.56. The van der Waals surface area contributed by atoms with Crippen LogP contribution >= 0.6 is 0 Å². The number of aromatic nitrogens is 1. The SMILES string of the molecule is CCC(C)CN(CC)c1cccnc1C(=N)N. The van der Waals surface area contributed by atoms with Gasteiger partial charge >= 0.3 is 0 Å². The Bertz CT molecular complexity index is 375. The van der Waals surface area contributed by atoms with E-state index < -0.39 is 0 Å². The lowest BCUT2D eigenvalue weighted by atomic mass is 10.1. The van der Waals surface area contributed by atoms with Crippen molar-refractivity contribution in [2.24, 2.45) is 11.7 Å². The molecule has 0 aliphatic carbocycles. The van der Waals surface area contributed by atoms with E-state index in [0.717, 1.165) is 25.2 Å². The number of nitrogens with one attached hydrogen (secondary N) is 1. The lowest BCUT2D eigenvalue weighted by Crippen LogP contribution is -2.30. The molecule has 0 amide bonds. The average molecular weight is 234 g/mol. The Morgan fingerprint density at radius 2 is 2.24 bits per heavy atom. The predicted molar refractivity (Wildman–Crippen MR) is 72.6 cm³/mol. The molecule has 0 spiro atoms. The Morgan fingerprint density at radius 3 is 2.76 bits per heavy atom.